The van der Waals surface area contributed by atoms with Gasteiger partial charge in [-0.2, -0.15) is 0 Å². The number of imidazole rings is 1. The van der Waals surface area contributed by atoms with E-state index in [9.17, 15) is 0 Å². The number of nitrogens with zero attached hydrogens (tertiary/aromatic N) is 2. The molecule has 2 aromatic rings. The molecule has 1 N–H and O–H groups in total. The second-order valence-electron chi connectivity index (χ2n) is 4.44. The van der Waals surface area contributed by atoms with Gasteiger partial charge < -0.3 is 10.1 Å². The number of benzene rings is 1. The van der Waals surface area contributed by atoms with Gasteiger partial charge in [-0.3, -0.25) is 4.57 Å². The van der Waals surface area contributed by atoms with Crippen LogP contribution in [0.1, 0.15) is 12.1 Å². The predicted molar refractivity (Wildman–Crippen MR) is 91.0 cm³/mol. The number of methoxy groups -OCH3 is 1. The number of anilines is 1. The minimum absolute atomic E-state index is 0.717. The Morgan fingerprint density at radius 3 is 2.95 bits per heavy atom. The molecule has 0 spiro atoms. The van der Waals surface area contributed by atoms with E-state index in [4.69, 9.17) is 16.3 Å². The lowest BCUT2D eigenvalue weighted by atomic mass is 10.3. The topological polar surface area (TPSA) is 39.1 Å². The van der Waals surface area contributed by atoms with Crippen LogP contribution in [-0.2, 0) is 4.74 Å². The molecule has 0 aliphatic carbocycles. The van der Waals surface area contributed by atoms with Crippen LogP contribution in [0.3, 0.4) is 0 Å². The molecule has 0 aliphatic rings. The van der Waals surface area contributed by atoms with Crippen molar-refractivity contribution in [2.45, 2.75) is 13.3 Å². The largest absolute Gasteiger partial charge is 0.385 e. The van der Waals surface area contributed by atoms with Gasteiger partial charge in [0.15, 0.2) is 0 Å². The van der Waals surface area contributed by atoms with Crippen molar-refractivity contribution < 1.29 is 4.74 Å². The highest BCUT2D eigenvalue weighted by Crippen LogP contribution is 2.26. The zero-order valence-electron chi connectivity index (χ0n) is 11.5. The lowest BCUT2D eigenvalue weighted by Crippen LogP contribution is -2.09. The second kappa shape index (κ2) is 7.28. The summed E-state index contributed by atoms with van der Waals surface area (Å²) >= 11 is 8.58. The number of aryl methyl sites for hydroxylation is 1. The molecule has 0 amide bonds. The third-order valence-corrected chi connectivity index (χ3v) is 3.78. The lowest BCUT2D eigenvalue weighted by Gasteiger charge is -2.11. The normalized spacial score (nSPS) is 10.8. The number of halogens is 2. The van der Waals surface area contributed by atoms with Crippen LogP contribution in [0.25, 0.3) is 5.69 Å². The Morgan fingerprint density at radius 2 is 2.25 bits per heavy atom. The van der Waals surface area contributed by atoms with Gasteiger partial charge >= 0.3 is 0 Å². The van der Waals surface area contributed by atoms with E-state index < -0.39 is 0 Å². The van der Waals surface area contributed by atoms with Crippen molar-refractivity contribution in [2.24, 2.45) is 0 Å². The van der Waals surface area contributed by atoms with Crippen molar-refractivity contribution in [1.29, 1.82) is 0 Å². The Bertz CT molecular complexity index is 586. The molecule has 1 aromatic carbocycles. The summed E-state index contributed by atoms with van der Waals surface area (Å²) in [5, 5.41) is 4.04. The Kier molecular flexibility index (Phi) is 5.68. The molecule has 0 saturated carbocycles. The molecule has 20 heavy (non-hydrogen) atoms. The number of hydrogen-bond donors (Lipinski definition) is 1. The molecular weight excluding hydrogens is 389 g/mol. The van der Waals surface area contributed by atoms with Crippen LogP contribution in [0.15, 0.2) is 24.4 Å². The molecule has 6 heteroatoms. The maximum Gasteiger partial charge on any atom is 0.207 e. The first kappa shape index (κ1) is 15.6. The van der Waals surface area contributed by atoms with E-state index in [-0.39, 0.29) is 0 Å². The summed E-state index contributed by atoms with van der Waals surface area (Å²) in [6.45, 7) is 3.51. The van der Waals surface area contributed by atoms with Gasteiger partial charge in [-0.25, -0.2) is 4.98 Å². The van der Waals surface area contributed by atoms with E-state index in [1.165, 1.54) is 0 Å². The quantitative estimate of drug-likeness (QED) is 0.585. The SMILES string of the molecule is COCCCNc1nc(C)cn1-c1ccc(I)cc1Cl. The van der Waals surface area contributed by atoms with Gasteiger partial charge in [0, 0.05) is 30.0 Å². The van der Waals surface area contributed by atoms with Crippen LogP contribution in [0.4, 0.5) is 5.95 Å². The first-order valence-corrected chi connectivity index (χ1v) is 7.81. The predicted octanol–water partition coefficient (Wildman–Crippen LogP) is 3.89. The standard InChI is InChI=1S/C14H17ClIN3O/c1-10-9-19(13-5-4-11(16)8-12(13)15)14(18-10)17-6-3-7-20-2/h4-5,8-9H,3,6-7H2,1-2H3,(H,17,18). The molecule has 0 radical (unpaired) electrons. The van der Waals surface area contributed by atoms with Gasteiger partial charge in [-0.15, -0.1) is 0 Å². The molecule has 0 bridgehead atoms. The fourth-order valence-corrected chi connectivity index (χ4v) is 2.85. The third kappa shape index (κ3) is 3.86. The van der Waals surface area contributed by atoms with Crippen molar-refractivity contribution in [3.05, 3.63) is 38.7 Å². The van der Waals surface area contributed by atoms with Gasteiger partial charge in [-0.05, 0) is 54.1 Å². The van der Waals surface area contributed by atoms with Gasteiger partial charge in [0.1, 0.15) is 0 Å². The van der Waals surface area contributed by atoms with Crippen LogP contribution < -0.4 is 5.32 Å². The fraction of sp³-hybridized carbons (Fsp3) is 0.357. The zero-order valence-corrected chi connectivity index (χ0v) is 14.4. The average Bonchev–Trinajstić information content (AvgIpc) is 2.76. The molecule has 1 aromatic heterocycles. The number of ether oxygens (including phenoxy) is 1. The highest BCUT2D eigenvalue weighted by molar-refractivity contribution is 14.1. The highest BCUT2D eigenvalue weighted by atomic mass is 127. The van der Waals surface area contributed by atoms with E-state index in [0.717, 1.165) is 40.5 Å². The molecule has 1 heterocycles. The smallest absolute Gasteiger partial charge is 0.207 e. The van der Waals surface area contributed by atoms with Crippen molar-refractivity contribution in [2.75, 3.05) is 25.6 Å². The molecule has 108 valence electrons. The van der Waals surface area contributed by atoms with Crippen LogP contribution in [0.2, 0.25) is 5.02 Å². The monoisotopic (exact) mass is 405 g/mol. The second-order valence-corrected chi connectivity index (χ2v) is 6.10. The summed E-state index contributed by atoms with van der Waals surface area (Å²) in [4.78, 5) is 4.50. The van der Waals surface area contributed by atoms with E-state index >= 15 is 0 Å². The first-order chi connectivity index (χ1) is 9.61. The van der Waals surface area contributed by atoms with E-state index in [1.54, 1.807) is 7.11 Å². The van der Waals surface area contributed by atoms with Crippen LogP contribution in [0.5, 0.6) is 0 Å². The zero-order chi connectivity index (χ0) is 14.5. The summed E-state index contributed by atoms with van der Waals surface area (Å²) in [6, 6.07) is 5.98. The van der Waals surface area contributed by atoms with Crippen molar-refractivity contribution in [3.8, 4) is 5.69 Å². The minimum Gasteiger partial charge on any atom is -0.385 e. The van der Waals surface area contributed by atoms with Crippen LogP contribution >= 0.6 is 34.2 Å². The fourth-order valence-electron chi connectivity index (χ4n) is 1.90. The minimum atomic E-state index is 0.717. The van der Waals surface area contributed by atoms with E-state index in [2.05, 4.69) is 32.9 Å². The molecule has 0 unspecified atom stereocenters. The van der Waals surface area contributed by atoms with Gasteiger partial charge in [0.05, 0.1) is 16.4 Å². The summed E-state index contributed by atoms with van der Waals surface area (Å²) in [5.41, 5.74) is 1.88. The first-order valence-electron chi connectivity index (χ1n) is 6.36. The summed E-state index contributed by atoms with van der Waals surface area (Å²) in [7, 11) is 1.70. The van der Waals surface area contributed by atoms with Gasteiger partial charge in [0.25, 0.3) is 0 Å². The molecule has 2 rings (SSSR count). The highest BCUT2D eigenvalue weighted by Gasteiger charge is 2.10. The van der Waals surface area contributed by atoms with E-state index in [1.807, 2.05) is 35.9 Å². The molecule has 4 nitrogen and oxygen atoms in total. The Labute approximate surface area is 137 Å². The molecule has 0 fully saturated rings. The average molecular weight is 406 g/mol. The lowest BCUT2D eigenvalue weighted by molar-refractivity contribution is 0.197. The summed E-state index contributed by atoms with van der Waals surface area (Å²) in [6.07, 6.45) is 2.91. The van der Waals surface area contributed by atoms with E-state index in [0.29, 0.717) is 5.02 Å². The third-order valence-electron chi connectivity index (χ3n) is 2.80. The molecule has 0 aliphatic heterocycles. The number of nitrogens with one attached hydrogen (secondary N) is 1. The Balaban J connectivity index is 2.22. The van der Waals surface area contributed by atoms with Gasteiger partial charge in [-0.1, -0.05) is 11.6 Å². The maximum atomic E-state index is 6.33. The van der Waals surface area contributed by atoms with Crippen molar-refractivity contribution in [1.82, 2.24) is 9.55 Å². The number of rotatable bonds is 6. The molecular formula is C14H17ClIN3O. The Morgan fingerprint density at radius 1 is 1.45 bits per heavy atom. The van der Waals surface area contributed by atoms with Crippen LogP contribution in [0, 0.1) is 10.5 Å². The van der Waals surface area contributed by atoms with Gasteiger partial charge in [0.2, 0.25) is 5.95 Å². The van der Waals surface area contributed by atoms with Crippen molar-refractivity contribution >= 4 is 40.1 Å². The van der Waals surface area contributed by atoms with Crippen molar-refractivity contribution in [3.63, 3.8) is 0 Å². The summed E-state index contributed by atoms with van der Waals surface area (Å²) in [5.74, 6) is 0.807. The molecule has 0 saturated heterocycles. The maximum absolute atomic E-state index is 6.33. The number of hydrogen-bond acceptors (Lipinski definition) is 3. The van der Waals surface area contributed by atoms with Crippen LogP contribution in [-0.4, -0.2) is 29.8 Å². The summed E-state index contributed by atoms with van der Waals surface area (Å²) < 4.78 is 8.14. The Hall–Kier alpha value is -0.790. The molecule has 0 atom stereocenters. The number of aromatic nitrogens is 2.